The Hall–Kier alpha value is -2.49. The Bertz CT molecular complexity index is 1100. The fraction of sp³-hybridized carbons (Fsp3) is 0.240. The van der Waals surface area contributed by atoms with Crippen molar-refractivity contribution in [3.63, 3.8) is 0 Å². The number of halogens is 2. The van der Waals surface area contributed by atoms with Gasteiger partial charge in [-0.05, 0) is 55.7 Å². The topological polar surface area (TPSA) is 32.3 Å². The predicted octanol–water partition coefficient (Wildman–Crippen LogP) is 7.52. The summed E-state index contributed by atoms with van der Waals surface area (Å²) < 4.78 is 0. The van der Waals surface area contributed by atoms with E-state index in [4.69, 9.17) is 23.2 Å². The van der Waals surface area contributed by atoms with Crippen LogP contribution in [-0.4, -0.2) is 11.6 Å². The number of hydrogen-bond donors (Lipinski definition) is 1. The highest BCUT2D eigenvalue weighted by Gasteiger charge is 2.47. The lowest BCUT2D eigenvalue weighted by Crippen LogP contribution is -2.57. The number of nitrogens with zero attached hydrogens (tertiary/aromatic N) is 1. The van der Waals surface area contributed by atoms with Crippen molar-refractivity contribution in [1.82, 2.24) is 0 Å². The van der Waals surface area contributed by atoms with Crippen molar-refractivity contribution in [2.75, 3.05) is 10.2 Å². The van der Waals surface area contributed by atoms with Gasteiger partial charge in [-0.2, -0.15) is 0 Å². The van der Waals surface area contributed by atoms with E-state index in [-0.39, 0.29) is 11.4 Å². The van der Waals surface area contributed by atoms with Gasteiger partial charge >= 0.3 is 6.03 Å². The molecule has 0 unspecified atom stereocenters. The van der Waals surface area contributed by atoms with E-state index in [1.54, 1.807) is 18.2 Å². The maximum absolute atomic E-state index is 13.4. The summed E-state index contributed by atoms with van der Waals surface area (Å²) in [7, 11) is 0. The van der Waals surface area contributed by atoms with Crippen molar-refractivity contribution in [3.8, 4) is 0 Å². The number of amides is 2. The molecule has 0 bridgehead atoms. The van der Waals surface area contributed by atoms with E-state index < -0.39 is 5.54 Å². The fourth-order valence-electron chi connectivity index (χ4n) is 4.70. The molecule has 1 aliphatic heterocycles. The molecule has 4 rings (SSSR count). The molecule has 0 aromatic heterocycles. The Labute approximate surface area is 187 Å². The monoisotopic (exact) mass is 438 g/mol. The number of nitrogens with one attached hydrogen (secondary N) is 1. The average Bonchev–Trinajstić information content (AvgIpc) is 2.71. The van der Waals surface area contributed by atoms with Gasteiger partial charge in [0.1, 0.15) is 0 Å². The van der Waals surface area contributed by atoms with Gasteiger partial charge in [-0.3, -0.25) is 4.90 Å². The molecule has 0 spiro atoms. The van der Waals surface area contributed by atoms with E-state index in [1.165, 1.54) is 5.56 Å². The van der Waals surface area contributed by atoms with Gasteiger partial charge in [-0.1, -0.05) is 78.7 Å². The Kier molecular flexibility index (Phi) is 5.29. The maximum Gasteiger partial charge on any atom is 0.326 e. The van der Waals surface area contributed by atoms with Crippen LogP contribution in [0.25, 0.3) is 0 Å². The molecule has 0 saturated carbocycles. The second-order valence-electron chi connectivity index (χ2n) is 8.60. The molecule has 1 heterocycles. The third-order valence-electron chi connectivity index (χ3n) is 5.92. The summed E-state index contributed by atoms with van der Waals surface area (Å²) in [5.74, 6) is 0. The first-order chi connectivity index (χ1) is 14.2. The zero-order chi connectivity index (χ0) is 21.5. The SMILES string of the molecule is CC1(C)C[C@](C)(c2ccccc2)c2ccccc2N1C(=O)Nc1ccc(Cl)c(Cl)c1. The molecule has 3 nitrogen and oxygen atoms in total. The van der Waals surface area contributed by atoms with Crippen molar-refractivity contribution in [3.05, 3.63) is 94.0 Å². The molecule has 0 aliphatic carbocycles. The summed E-state index contributed by atoms with van der Waals surface area (Å²) in [6.07, 6.45) is 0.788. The minimum absolute atomic E-state index is 0.194. The fourth-order valence-corrected chi connectivity index (χ4v) is 5.00. The Balaban J connectivity index is 1.77. The Morgan fingerprint density at radius 1 is 0.900 bits per heavy atom. The van der Waals surface area contributed by atoms with Crippen LogP contribution in [0.2, 0.25) is 10.0 Å². The van der Waals surface area contributed by atoms with Gasteiger partial charge in [-0.25, -0.2) is 4.79 Å². The summed E-state index contributed by atoms with van der Waals surface area (Å²) in [5, 5.41) is 3.85. The highest BCUT2D eigenvalue weighted by molar-refractivity contribution is 6.42. The van der Waals surface area contributed by atoms with E-state index in [0.717, 1.165) is 17.7 Å². The van der Waals surface area contributed by atoms with Gasteiger partial charge in [0.05, 0.1) is 15.7 Å². The van der Waals surface area contributed by atoms with Crippen LogP contribution in [0.3, 0.4) is 0 Å². The number of hydrogen-bond acceptors (Lipinski definition) is 1. The van der Waals surface area contributed by atoms with Crippen molar-refractivity contribution >= 4 is 40.6 Å². The normalized spacial score (nSPS) is 19.8. The first-order valence-electron chi connectivity index (χ1n) is 9.94. The molecule has 3 aromatic carbocycles. The lowest BCUT2D eigenvalue weighted by molar-refractivity contribution is 0.243. The summed E-state index contributed by atoms with van der Waals surface area (Å²) in [4.78, 5) is 15.3. The molecular weight excluding hydrogens is 415 g/mol. The van der Waals surface area contributed by atoms with E-state index in [1.807, 2.05) is 29.2 Å². The average molecular weight is 439 g/mol. The van der Waals surface area contributed by atoms with Crippen LogP contribution < -0.4 is 10.2 Å². The molecule has 154 valence electrons. The molecule has 1 N–H and O–H groups in total. The number of carbonyl (C=O) groups excluding carboxylic acids is 1. The second kappa shape index (κ2) is 7.64. The van der Waals surface area contributed by atoms with Crippen molar-refractivity contribution in [2.45, 2.75) is 38.1 Å². The molecule has 5 heteroatoms. The molecular formula is C25H24Cl2N2O. The van der Waals surface area contributed by atoms with E-state index in [0.29, 0.717) is 15.7 Å². The minimum Gasteiger partial charge on any atom is -0.307 e. The van der Waals surface area contributed by atoms with Gasteiger partial charge in [0, 0.05) is 16.6 Å². The van der Waals surface area contributed by atoms with Crippen molar-refractivity contribution < 1.29 is 4.79 Å². The predicted molar refractivity (Wildman–Crippen MR) is 126 cm³/mol. The van der Waals surface area contributed by atoms with Gasteiger partial charge < -0.3 is 5.32 Å². The smallest absolute Gasteiger partial charge is 0.307 e. The van der Waals surface area contributed by atoms with Crippen molar-refractivity contribution in [1.29, 1.82) is 0 Å². The van der Waals surface area contributed by atoms with Crippen LogP contribution in [0.4, 0.5) is 16.2 Å². The van der Waals surface area contributed by atoms with Crippen LogP contribution in [0.1, 0.15) is 38.3 Å². The standard InChI is InChI=1S/C25H24Cl2N2O/c1-24(2)16-25(3,17-9-5-4-6-10-17)19-11-7-8-12-22(19)29(24)23(30)28-18-13-14-20(26)21(27)15-18/h4-15H,16H2,1-3H3,(H,28,30)/t25-/m1/s1. The largest absolute Gasteiger partial charge is 0.326 e. The number of urea groups is 1. The maximum atomic E-state index is 13.4. The number of para-hydroxylation sites is 1. The lowest BCUT2D eigenvalue weighted by atomic mass is 9.65. The molecule has 0 radical (unpaired) electrons. The summed E-state index contributed by atoms with van der Waals surface area (Å²) in [5.41, 5.74) is 3.28. The summed E-state index contributed by atoms with van der Waals surface area (Å²) in [6.45, 7) is 6.48. The number of fused-ring (bicyclic) bond motifs is 1. The number of benzene rings is 3. The summed E-state index contributed by atoms with van der Waals surface area (Å²) in [6, 6.07) is 23.6. The Morgan fingerprint density at radius 2 is 1.57 bits per heavy atom. The lowest BCUT2D eigenvalue weighted by Gasteiger charge is -2.51. The number of carbonyl (C=O) groups is 1. The molecule has 30 heavy (non-hydrogen) atoms. The first kappa shape index (κ1) is 20.8. The van der Waals surface area contributed by atoms with E-state index >= 15 is 0 Å². The molecule has 1 atom stereocenters. The first-order valence-corrected chi connectivity index (χ1v) is 10.7. The zero-order valence-corrected chi connectivity index (χ0v) is 18.8. The van der Waals surface area contributed by atoms with Crippen molar-refractivity contribution in [2.24, 2.45) is 0 Å². The highest BCUT2D eigenvalue weighted by atomic mass is 35.5. The summed E-state index contributed by atoms with van der Waals surface area (Å²) >= 11 is 12.1. The van der Waals surface area contributed by atoms with Gasteiger partial charge in [0.25, 0.3) is 0 Å². The number of anilines is 2. The molecule has 0 saturated heterocycles. The second-order valence-corrected chi connectivity index (χ2v) is 9.41. The van der Waals surface area contributed by atoms with Crippen LogP contribution in [-0.2, 0) is 5.41 Å². The molecule has 0 fully saturated rings. The van der Waals surface area contributed by atoms with Gasteiger partial charge in [0.2, 0.25) is 0 Å². The highest BCUT2D eigenvalue weighted by Crippen LogP contribution is 2.50. The zero-order valence-electron chi connectivity index (χ0n) is 17.2. The minimum atomic E-state index is -0.417. The molecule has 2 amide bonds. The van der Waals surface area contributed by atoms with Gasteiger partial charge in [-0.15, -0.1) is 0 Å². The third kappa shape index (κ3) is 3.57. The molecule has 3 aromatic rings. The van der Waals surface area contributed by atoms with Crippen LogP contribution in [0.5, 0.6) is 0 Å². The van der Waals surface area contributed by atoms with Gasteiger partial charge in [0.15, 0.2) is 0 Å². The van der Waals surface area contributed by atoms with Crippen LogP contribution >= 0.6 is 23.2 Å². The van der Waals surface area contributed by atoms with E-state index in [2.05, 4.69) is 56.4 Å². The third-order valence-corrected chi connectivity index (χ3v) is 6.65. The molecule has 1 aliphatic rings. The van der Waals surface area contributed by atoms with E-state index in [9.17, 15) is 4.79 Å². The Morgan fingerprint density at radius 3 is 2.27 bits per heavy atom. The quantitative estimate of drug-likeness (QED) is 0.440. The van der Waals surface area contributed by atoms with Crippen LogP contribution in [0, 0.1) is 0 Å². The number of rotatable bonds is 2. The van der Waals surface area contributed by atoms with Crippen LogP contribution in [0.15, 0.2) is 72.8 Å².